The molecule has 0 unspecified atom stereocenters. The standard InChI is InChI=1S/C24H18F2N4O/c1-2-19-9-7-17(20-10-8-18(25)12-21(20)26)11-23-28-22(13-24(31)30(23)29-19)16-5-3-15(14-27)4-6-16/h3-13,28-29H,2H2,1H3. The molecular weight excluding hydrogens is 398 g/mol. The fourth-order valence-electron chi connectivity index (χ4n) is 3.29. The summed E-state index contributed by atoms with van der Waals surface area (Å²) in [6.07, 6.45) is 0.610. The maximum absolute atomic E-state index is 14.5. The van der Waals surface area contributed by atoms with Gasteiger partial charge in [0.2, 0.25) is 0 Å². The average molecular weight is 416 g/mol. The molecule has 0 aliphatic carbocycles. The molecule has 2 aromatic carbocycles. The summed E-state index contributed by atoms with van der Waals surface area (Å²) in [5.74, 6) is -1.36. The normalized spacial score (nSPS) is 10.6. The van der Waals surface area contributed by atoms with Crippen molar-refractivity contribution >= 4 is 5.65 Å². The molecule has 4 aromatic rings. The van der Waals surface area contributed by atoms with E-state index in [-0.39, 0.29) is 11.1 Å². The fourth-order valence-corrected chi connectivity index (χ4v) is 3.29. The number of hydrogen-bond donors (Lipinski definition) is 2. The van der Waals surface area contributed by atoms with E-state index < -0.39 is 11.6 Å². The Hall–Kier alpha value is -4.18. The predicted molar refractivity (Wildman–Crippen MR) is 115 cm³/mol. The molecule has 0 aliphatic heterocycles. The van der Waals surface area contributed by atoms with Crippen molar-refractivity contribution in [3.63, 3.8) is 0 Å². The number of rotatable bonds is 3. The number of H-pyrrole nitrogens is 2. The van der Waals surface area contributed by atoms with Crippen LogP contribution in [0.3, 0.4) is 0 Å². The third-order valence-electron chi connectivity index (χ3n) is 4.95. The maximum atomic E-state index is 14.5. The van der Waals surface area contributed by atoms with E-state index in [0.29, 0.717) is 28.9 Å². The van der Waals surface area contributed by atoms with Gasteiger partial charge in [0.25, 0.3) is 5.56 Å². The Labute approximate surface area is 176 Å². The molecule has 2 N–H and O–H groups in total. The first-order valence-electron chi connectivity index (χ1n) is 9.66. The highest BCUT2D eigenvalue weighted by Crippen LogP contribution is 2.24. The molecule has 4 rings (SSSR count). The maximum Gasteiger partial charge on any atom is 0.273 e. The van der Waals surface area contributed by atoms with Gasteiger partial charge < -0.3 is 4.98 Å². The molecule has 0 spiro atoms. The molecule has 0 atom stereocenters. The van der Waals surface area contributed by atoms with Crippen LogP contribution in [0.2, 0.25) is 0 Å². The number of hydrogen-bond acceptors (Lipinski definition) is 2. The second kappa shape index (κ2) is 8.28. The molecule has 0 amide bonds. The Bertz CT molecular complexity index is 1420. The van der Waals surface area contributed by atoms with Crippen LogP contribution in [0.25, 0.3) is 28.0 Å². The lowest BCUT2D eigenvalue weighted by molar-refractivity contribution is 0.585. The van der Waals surface area contributed by atoms with E-state index in [2.05, 4.69) is 16.2 Å². The van der Waals surface area contributed by atoms with E-state index in [1.165, 1.54) is 22.7 Å². The summed E-state index contributed by atoms with van der Waals surface area (Å²) in [6.45, 7) is 1.93. The number of aromatic nitrogens is 3. The van der Waals surface area contributed by atoms with Crippen LogP contribution in [-0.4, -0.2) is 14.6 Å². The minimum Gasteiger partial charge on any atom is -0.339 e. The minimum atomic E-state index is -0.695. The average Bonchev–Trinajstić information content (AvgIpc) is 2.75. The molecule has 31 heavy (non-hydrogen) atoms. The van der Waals surface area contributed by atoms with Gasteiger partial charge in [-0.05, 0) is 53.9 Å². The monoisotopic (exact) mass is 416 g/mol. The number of nitrogens with zero attached hydrogens (tertiary/aromatic N) is 2. The van der Waals surface area contributed by atoms with Crippen LogP contribution in [0.5, 0.6) is 0 Å². The van der Waals surface area contributed by atoms with Crippen molar-refractivity contribution in [2.45, 2.75) is 13.3 Å². The second-order valence-electron chi connectivity index (χ2n) is 6.98. The van der Waals surface area contributed by atoms with Crippen LogP contribution < -0.4 is 5.56 Å². The molecule has 0 saturated heterocycles. The van der Waals surface area contributed by atoms with Crippen molar-refractivity contribution in [2.24, 2.45) is 0 Å². The number of nitrogens with one attached hydrogen (secondary N) is 2. The molecule has 0 bridgehead atoms. The highest BCUT2D eigenvalue weighted by atomic mass is 19.1. The van der Waals surface area contributed by atoms with E-state index >= 15 is 0 Å². The molecule has 7 heteroatoms. The SMILES string of the molecule is CCc1ccc(-c2ccc(F)cc2F)cc2[nH]c(-c3ccc(C#N)cc3)cc(=O)n2[nH]1. The molecule has 5 nitrogen and oxygen atoms in total. The van der Waals surface area contributed by atoms with Crippen LogP contribution >= 0.6 is 0 Å². The summed E-state index contributed by atoms with van der Waals surface area (Å²) in [5, 5.41) is 12.1. The van der Waals surface area contributed by atoms with Crippen LogP contribution in [0.1, 0.15) is 18.2 Å². The van der Waals surface area contributed by atoms with Gasteiger partial charge in [-0.3, -0.25) is 9.89 Å². The first kappa shape index (κ1) is 20.1. The van der Waals surface area contributed by atoms with Crippen LogP contribution in [0, 0.1) is 23.0 Å². The topological polar surface area (TPSA) is 76.8 Å². The van der Waals surface area contributed by atoms with Gasteiger partial charge in [0.05, 0.1) is 17.3 Å². The number of halogens is 2. The molecular formula is C24H18F2N4O. The zero-order valence-electron chi connectivity index (χ0n) is 16.6. The molecule has 0 radical (unpaired) electrons. The van der Waals surface area contributed by atoms with Crippen LogP contribution in [-0.2, 0) is 6.42 Å². The highest BCUT2D eigenvalue weighted by molar-refractivity contribution is 5.68. The number of benzene rings is 2. The van der Waals surface area contributed by atoms with Crippen molar-refractivity contribution < 1.29 is 8.78 Å². The van der Waals surface area contributed by atoms with Gasteiger partial charge in [0.15, 0.2) is 0 Å². The van der Waals surface area contributed by atoms with Crippen LogP contribution in [0.4, 0.5) is 8.78 Å². The fraction of sp³-hybridized carbons (Fsp3) is 0.0833. The Morgan fingerprint density at radius 1 is 0.968 bits per heavy atom. The summed E-state index contributed by atoms with van der Waals surface area (Å²) < 4.78 is 29.2. The Morgan fingerprint density at radius 3 is 2.39 bits per heavy atom. The van der Waals surface area contributed by atoms with Crippen molar-refractivity contribution in [3.05, 3.63) is 100.0 Å². The van der Waals surface area contributed by atoms with Crippen molar-refractivity contribution in [1.82, 2.24) is 14.6 Å². The summed E-state index contributed by atoms with van der Waals surface area (Å²) in [4.78, 5) is 16.1. The van der Waals surface area contributed by atoms with Gasteiger partial charge in [-0.2, -0.15) is 5.26 Å². The smallest absolute Gasteiger partial charge is 0.273 e. The van der Waals surface area contributed by atoms with E-state index in [1.807, 2.05) is 6.92 Å². The Kier molecular flexibility index (Phi) is 5.37. The van der Waals surface area contributed by atoms with Gasteiger partial charge >= 0.3 is 0 Å². The van der Waals surface area contributed by atoms with Crippen molar-refractivity contribution in [3.8, 4) is 28.5 Å². The third-order valence-corrected chi connectivity index (χ3v) is 4.95. The van der Waals surface area contributed by atoms with E-state index in [4.69, 9.17) is 5.26 Å². The summed E-state index contributed by atoms with van der Waals surface area (Å²) in [6, 6.07) is 18.8. The number of aryl methyl sites for hydroxylation is 1. The molecule has 0 fully saturated rings. The van der Waals surface area contributed by atoms with Gasteiger partial charge in [-0.1, -0.05) is 25.1 Å². The van der Waals surface area contributed by atoms with Gasteiger partial charge in [-0.25, -0.2) is 13.3 Å². The van der Waals surface area contributed by atoms with Crippen molar-refractivity contribution in [1.29, 1.82) is 5.26 Å². The molecule has 154 valence electrons. The number of aromatic amines is 2. The lowest BCUT2D eigenvalue weighted by Gasteiger charge is -2.09. The van der Waals surface area contributed by atoms with E-state index in [0.717, 1.165) is 17.3 Å². The molecule has 2 heterocycles. The molecule has 0 saturated carbocycles. The van der Waals surface area contributed by atoms with E-state index in [1.54, 1.807) is 42.5 Å². The molecule has 2 aromatic heterocycles. The van der Waals surface area contributed by atoms with Gasteiger partial charge in [0, 0.05) is 23.4 Å². The predicted octanol–water partition coefficient (Wildman–Crippen LogP) is 5.13. The van der Waals surface area contributed by atoms with Gasteiger partial charge in [0.1, 0.15) is 17.3 Å². The lowest BCUT2D eigenvalue weighted by atomic mass is 10.1. The van der Waals surface area contributed by atoms with Gasteiger partial charge in [-0.15, -0.1) is 0 Å². The minimum absolute atomic E-state index is 0.214. The second-order valence-corrected chi connectivity index (χ2v) is 6.98. The first-order chi connectivity index (χ1) is 15.0. The zero-order chi connectivity index (χ0) is 22.0. The summed E-state index contributed by atoms with van der Waals surface area (Å²) in [7, 11) is 0. The lowest BCUT2D eigenvalue weighted by Crippen LogP contribution is -2.17. The van der Waals surface area contributed by atoms with Crippen LogP contribution in [0.15, 0.2) is 71.5 Å². The first-order valence-corrected chi connectivity index (χ1v) is 9.66. The Balaban J connectivity index is 2.01. The zero-order valence-corrected chi connectivity index (χ0v) is 16.6. The summed E-state index contributed by atoms with van der Waals surface area (Å²) in [5.41, 5.74) is 3.29. The largest absolute Gasteiger partial charge is 0.339 e. The third kappa shape index (κ3) is 4.09. The van der Waals surface area contributed by atoms with E-state index in [9.17, 15) is 13.6 Å². The Morgan fingerprint density at radius 2 is 1.71 bits per heavy atom. The van der Waals surface area contributed by atoms with Crippen molar-refractivity contribution in [2.75, 3.05) is 0 Å². The highest BCUT2D eigenvalue weighted by Gasteiger charge is 2.09. The summed E-state index contributed by atoms with van der Waals surface area (Å²) >= 11 is 0. The number of nitriles is 1. The quantitative estimate of drug-likeness (QED) is 0.486. The number of fused-ring (bicyclic) bond motifs is 1. The molecule has 0 aliphatic rings.